The van der Waals surface area contributed by atoms with Crippen LogP contribution in [0.5, 0.6) is 0 Å². The third-order valence-electron chi connectivity index (χ3n) is 4.61. The first kappa shape index (κ1) is 14.5. The summed E-state index contributed by atoms with van der Waals surface area (Å²) in [6.07, 6.45) is 4.29. The van der Waals surface area contributed by atoms with Crippen molar-refractivity contribution in [1.29, 1.82) is 0 Å². The summed E-state index contributed by atoms with van der Waals surface area (Å²) in [6, 6.07) is 5.29. The molecular weight excluding hydrogens is 286 g/mol. The van der Waals surface area contributed by atoms with Crippen molar-refractivity contribution < 1.29 is 8.42 Å². The van der Waals surface area contributed by atoms with Gasteiger partial charge in [-0.05, 0) is 44.5 Å². The number of rotatable bonds is 3. The van der Waals surface area contributed by atoms with Crippen molar-refractivity contribution >= 4 is 20.9 Å². The number of piperidine rings is 1. The minimum Gasteiger partial charge on any atom is -0.341 e. The summed E-state index contributed by atoms with van der Waals surface area (Å²) in [7, 11) is -3.27. The zero-order valence-electron chi connectivity index (χ0n) is 12.4. The van der Waals surface area contributed by atoms with Crippen LogP contribution in [0.15, 0.2) is 23.1 Å². The van der Waals surface area contributed by atoms with E-state index in [1.807, 2.05) is 6.07 Å². The van der Waals surface area contributed by atoms with E-state index in [0.717, 1.165) is 43.7 Å². The van der Waals surface area contributed by atoms with E-state index in [4.69, 9.17) is 0 Å². The van der Waals surface area contributed by atoms with Crippen LogP contribution in [-0.4, -0.2) is 37.7 Å². The second-order valence-electron chi connectivity index (χ2n) is 5.89. The molecule has 0 bridgehead atoms. The number of H-pyrrole nitrogens is 1. The third-order valence-corrected chi connectivity index (χ3v) is 5.74. The van der Waals surface area contributed by atoms with Gasteiger partial charge in [0, 0.05) is 11.7 Å². The van der Waals surface area contributed by atoms with Gasteiger partial charge in [0.05, 0.1) is 10.4 Å². The van der Waals surface area contributed by atoms with E-state index >= 15 is 0 Å². The molecule has 0 aliphatic carbocycles. The molecule has 3 rings (SSSR count). The van der Waals surface area contributed by atoms with Crippen molar-refractivity contribution in [3.05, 3.63) is 24.0 Å². The molecule has 0 spiro atoms. The van der Waals surface area contributed by atoms with Gasteiger partial charge in [-0.2, -0.15) is 0 Å². The third kappa shape index (κ3) is 2.46. The second kappa shape index (κ2) is 5.10. The van der Waals surface area contributed by atoms with E-state index in [9.17, 15) is 8.42 Å². The van der Waals surface area contributed by atoms with E-state index in [-0.39, 0.29) is 5.41 Å². The van der Waals surface area contributed by atoms with Gasteiger partial charge in [0.15, 0.2) is 9.84 Å². The molecule has 2 N–H and O–H groups in total. The Morgan fingerprint density at radius 2 is 2.00 bits per heavy atom. The van der Waals surface area contributed by atoms with Crippen molar-refractivity contribution in [2.24, 2.45) is 0 Å². The highest BCUT2D eigenvalue weighted by atomic mass is 32.2. The number of sulfone groups is 1. The van der Waals surface area contributed by atoms with E-state index in [1.165, 1.54) is 6.26 Å². The van der Waals surface area contributed by atoms with Crippen LogP contribution in [0.2, 0.25) is 0 Å². The summed E-state index contributed by atoms with van der Waals surface area (Å²) >= 11 is 0. The molecule has 1 fully saturated rings. The Labute approximate surface area is 125 Å². The second-order valence-corrected chi connectivity index (χ2v) is 7.88. The largest absolute Gasteiger partial charge is 0.341 e. The highest BCUT2D eigenvalue weighted by molar-refractivity contribution is 7.91. The number of fused-ring (bicyclic) bond motifs is 1. The van der Waals surface area contributed by atoms with E-state index in [0.29, 0.717) is 10.4 Å². The monoisotopic (exact) mass is 307 g/mol. The standard InChI is InChI=1S/C15H21N3O2S/c1-3-15(7-9-16-10-8-15)14-17-11-5-4-6-12(13(11)18-14)21(2,19)20/h4-6,16H,3,7-10H2,1-2H3,(H,17,18). The molecule has 1 aliphatic heterocycles. The molecule has 2 heterocycles. The van der Waals surface area contributed by atoms with Gasteiger partial charge in [0.2, 0.25) is 0 Å². The van der Waals surface area contributed by atoms with Crippen molar-refractivity contribution in [3.8, 4) is 0 Å². The number of hydrogen-bond donors (Lipinski definition) is 2. The SMILES string of the molecule is CCC1(c2nc3c(S(C)(=O)=O)cccc3[nH]2)CCNCC1. The molecule has 0 saturated carbocycles. The van der Waals surface area contributed by atoms with E-state index in [2.05, 4.69) is 22.2 Å². The molecule has 114 valence electrons. The fourth-order valence-electron chi connectivity index (χ4n) is 3.22. The van der Waals surface area contributed by atoms with Crippen molar-refractivity contribution in [3.63, 3.8) is 0 Å². The number of aromatic amines is 1. The van der Waals surface area contributed by atoms with Crippen LogP contribution in [-0.2, 0) is 15.3 Å². The number of para-hydroxylation sites is 1. The van der Waals surface area contributed by atoms with Gasteiger partial charge in [0.25, 0.3) is 0 Å². The van der Waals surface area contributed by atoms with Crippen LogP contribution >= 0.6 is 0 Å². The lowest BCUT2D eigenvalue weighted by Gasteiger charge is -2.35. The predicted molar refractivity (Wildman–Crippen MR) is 83.3 cm³/mol. The average molecular weight is 307 g/mol. The maximum atomic E-state index is 11.9. The highest BCUT2D eigenvalue weighted by Gasteiger charge is 2.35. The van der Waals surface area contributed by atoms with Crippen LogP contribution in [0.4, 0.5) is 0 Å². The Kier molecular flexibility index (Phi) is 3.53. The number of benzene rings is 1. The summed E-state index contributed by atoms with van der Waals surface area (Å²) in [5.41, 5.74) is 1.40. The summed E-state index contributed by atoms with van der Waals surface area (Å²) in [4.78, 5) is 8.36. The van der Waals surface area contributed by atoms with Crippen LogP contribution in [0.1, 0.15) is 32.0 Å². The molecule has 6 heteroatoms. The summed E-state index contributed by atoms with van der Waals surface area (Å²) in [6.45, 7) is 4.13. The minimum absolute atomic E-state index is 0.0268. The van der Waals surface area contributed by atoms with Crippen LogP contribution in [0.3, 0.4) is 0 Å². The Morgan fingerprint density at radius 3 is 2.62 bits per heavy atom. The molecule has 0 atom stereocenters. The lowest BCUT2D eigenvalue weighted by atomic mass is 9.76. The fourth-order valence-corrected chi connectivity index (χ4v) is 4.05. The molecule has 5 nitrogen and oxygen atoms in total. The Bertz CT molecular complexity index is 758. The first-order chi connectivity index (χ1) is 9.96. The van der Waals surface area contributed by atoms with Gasteiger partial charge in [0.1, 0.15) is 11.3 Å². The molecule has 1 aromatic heterocycles. The molecule has 1 aromatic carbocycles. The number of imidazole rings is 1. The Balaban J connectivity index is 2.17. The summed E-state index contributed by atoms with van der Waals surface area (Å²) in [5, 5.41) is 3.38. The fraction of sp³-hybridized carbons (Fsp3) is 0.533. The topological polar surface area (TPSA) is 74.8 Å². The number of nitrogens with zero attached hydrogens (tertiary/aromatic N) is 1. The Morgan fingerprint density at radius 1 is 1.29 bits per heavy atom. The lowest BCUT2D eigenvalue weighted by molar-refractivity contribution is 0.285. The van der Waals surface area contributed by atoms with Gasteiger partial charge < -0.3 is 10.3 Å². The number of hydrogen-bond acceptors (Lipinski definition) is 4. The lowest BCUT2D eigenvalue weighted by Crippen LogP contribution is -2.40. The smallest absolute Gasteiger partial charge is 0.177 e. The number of aromatic nitrogens is 2. The van der Waals surface area contributed by atoms with Gasteiger partial charge >= 0.3 is 0 Å². The average Bonchev–Trinajstić information content (AvgIpc) is 2.91. The van der Waals surface area contributed by atoms with Crippen LogP contribution < -0.4 is 5.32 Å². The van der Waals surface area contributed by atoms with Crippen LogP contribution in [0, 0.1) is 0 Å². The van der Waals surface area contributed by atoms with E-state index in [1.54, 1.807) is 12.1 Å². The zero-order valence-corrected chi connectivity index (χ0v) is 13.3. The molecule has 1 aliphatic rings. The maximum Gasteiger partial charge on any atom is 0.177 e. The van der Waals surface area contributed by atoms with Crippen LogP contribution in [0.25, 0.3) is 11.0 Å². The van der Waals surface area contributed by atoms with Crippen molar-refractivity contribution in [2.75, 3.05) is 19.3 Å². The summed E-state index contributed by atoms with van der Waals surface area (Å²) in [5.74, 6) is 0.928. The first-order valence-corrected chi connectivity index (χ1v) is 9.25. The van der Waals surface area contributed by atoms with Crippen molar-refractivity contribution in [1.82, 2.24) is 15.3 Å². The molecule has 0 radical (unpaired) electrons. The quantitative estimate of drug-likeness (QED) is 0.909. The molecule has 2 aromatic rings. The predicted octanol–water partition coefficient (Wildman–Crippen LogP) is 2.00. The highest BCUT2D eigenvalue weighted by Crippen LogP contribution is 2.36. The normalized spacial score (nSPS) is 19.0. The van der Waals surface area contributed by atoms with E-state index < -0.39 is 9.84 Å². The van der Waals surface area contributed by atoms with Gasteiger partial charge in [-0.1, -0.05) is 13.0 Å². The molecule has 0 amide bonds. The molecule has 21 heavy (non-hydrogen) atoms. The number of nitrogens with one attached hydrogen (secondary N) is 2. The zero-order chi connectivity index (χ0) is 15.1. The Hall–Kier alpha value is -1.40. The maximum absolute atomic E-state index is 11.9. The summed E-state index contributed by atoms with van der Waals surface area (Å²) < 4.78 is 23.8. The van der Waals surface area contributed by atoms with Gasteiger partial charge in [-0.3, -0.25) is 0 Å². The molecule has 0 unspecified atom stereocenters. The molecular formula is C15H21N3O2S. The van der Waals surface area contributed by atoms with Gasteiger partial charge in [-0.25, -0.2) is 13.4 Å². The van der Waals surface area contributed by atoms with Crippen molar-refractivity contribution in [2.45, 2.75) is 36.5 Å². The van der Waals surface area contributed by atoms with Gasteiger partial charge in [-0.15, -0.1) is 0 Å². The molecule has 1 saturated heterocycles. The first-order valence-electron chi connectivity index (χ1n) is 7.36. The minimum atomic E-state index is -3.27.